The van der Waals surface area contributed by atoms with Crippen molar-refractivity contribution < 1.29 is 13.9 Å². The van der Waals surface area contributed by atoms with Crippen LogP contribution in [0.1, 0.15) is 15.9 Å². The summed E-state index contributed by atoms with van der Waals surface area (Å²) in [5, 5.41) is 2.91. The van der Waals surface area contributed by atoms with Crippen LogP contribution < -0.4 is 10.1 Å². The van der Waals surface area contributed by atoms with Gasteiger partial charge in [0.1, 0.15) is 11.6 Å². The molecule has 4 rings (SSSR count). The molecule has 1 amide bonds. The normalized spacial score (nSPS) is 12.5. The molecular formula is C19H15FN2O2. The number of benzene rings is 2. The number of hydrogen-bond donors (Lipinski definition) is 2. The highest BCUT2D eigenvalue weighted by Crippen LogP contribution is 2.29. The van der Waals surface area contributed by atoms with Crippen LogP contribution in [0.4, 0.5) is 10.1 Å². The van der Waals surface area contributed by atoms with Gasteiger partial charge in [-0.25, -0.2) is 4.39 Å². The number of aromatic nitrogens is 1. The number of amides is 1. The van der Waals surface area contributed by atoms with E-state index in [2.05, 4.69) is 10.3 Å². The van der Waals surface area contributed by atoms with E-state index in [-0.39, 0.29) is 11.7 Å². The minimum absolute atomic E-state index is 0.213. The molecule has 120 valence electrons. The highest BCUT2D eigenvalue weighted by molar-refractivity contribution is 6.08. The van der Waals surface area contributed by atoms with Gasteiger partial charge >= 0.3 is 0 Å². The number of nitrogens with one attached hydrogen (secondary N) is 2. The molecule has 0 saturated heterocycles. The average Bonchev–Trinajstić information content (AvgIpc) is 3.24. The number of rotatable bonds is 3. The lowest BCUT2D eigenvalue weighted by molar-refractivity contribution is 0.102. The fraction of sp³-hybridized carbons (Fsp3) is 0.105. The summed E-state index contributed by atoms with van der Waals surface area (Å²) in [4.78, 5) is 15.5. The third-order valence-corrected chi connectivity index (χ3v) is 4.09. The third-order valence-electron chi connectivity index (χ3n) is 4.09. The Labute approximate surface area is 138 Å². The van der Waals surface area contributed by atoms with Crippen molar-refractivity contribution in [1.29, 1.82) is 0 Å². The molecule has 24 heavy (non-hydrogen) atoms. The van der Waals surface area contributed by atoms with Crippen LogP contribution in [0.25, 0.3) is 11.1 Å². The molecule has 2 heterocycles. The largest absolute Gasteiger partial charge is 0.493 e. The van der Waals surface area contributed by atoms with Gasteiger partial charge in [-0.2, -0.15) is 0 Å². The zero-order valence-corrected chi connectivity index (χ0v) is 12.8. The van der Waals surface area contributed by atoms with Crippen LogP contribution in [0.3, 0.4) is 0 Å². The maximum Gasteiger partial charge on any atom is 0.257 e. The molecule has 0 spiro atoms. The molecule has 3 aromatic rings. The summed E-state index contributed by atoms with van der Waals surface area (Å²) in [6.45, 7) is 0.680. The summed E-state index contributed by atoms with van der Waals surface area (Å²) in [7, 11) is 0. The SMILES string of the molecule is O=C(Nc1ccc2c(c1)CCO2)c1c[nH]cc1-c1ccc(F)cc1. The van der Waals surface area contributed by atoms with E-state index >= 15 is 0 Å². The molecule has 1 aliphatic rings. The number of ether oxygens (including phenoxy) is 1. The van der Waals surface area contributed by atoms with Gasteiger partial charge in [0.05, 0.1) is 12.2 Å². The van der Waals surface area contributed by atoms with Gasteiger partial charge in [0.25, 0.3) is 5.91 Å². The maximum atomic E-state index is 13.1. The minimum Gasteiger partial charge on any atom is -0.493 e. The summed E-state index contributed by atoms with van der Waals surface area (Å²) >= 11 is 0. The molecule has 0 unspecified atom stereocenters. The van der Waals surface area contributed by atoms with Crippen LogP contribution >= 0.6 is 0 Å². The Kier molecular flexibility index (Phi) is 3.54. The van der Waals surface area contributed by atoms with Gasteiger partial charge in [-0.05, 0) is 41.5 Å². The van der Waals surface area contributed by atoms with Crippen LogP contribution in [-0.2, 0) is 6.42 Å². The van der Waals surface area contributed by atoms with E-state index < -0.39 is 0 Å². The van der Waals surface area contributed by atoms with Crippen molar-refractivity contribution in [3.05, 3.63) is 71.8 Å². The molecule has 0 aliphatic carbocycles. The number of halogens is 1. The number of carbonyl (C=O) groups is 1. The third kappa shape index (κ3) is 2.65. The van der Waals surface area contributed by atoms with E-state index in [1.54, 1.807) is 24.5 Å². The molecule has 2 aromatic carbocycles. The average molecular weight is 322 g/mol. The van der Waals surface area contributed by atoms with Crippen molar-refractivity contribution in [1.82, 2.24) is 4.98 Å². The monoisotopic (exact) mass is 322 g/mol. The predicted molar refractivity (Wildman–Crippen MR) is 89.8 cm³/mol. The van der Waals surface area contributed by atoms with Crippen molar-refractivity contribution in [3.8, 4) is 16.9 Å². The maximum absolute atomic E-state index is 13.1. The first kappa shape index (κ1) is 14.5. The zero-order valence-electron chi connectivity index (χ0n) is 12.8. The second-order valence-electron chi connectivity index (χ2n) is 5.66. The highest BCUT2D eigenvalue weighted by atomic mass is 19.1. The molecule has 4 nitrogen and oxygen atoms in total. The Bertz CT molecular complexity index is 900. The van der Waals surface area contributed by atoms with Gasteiger partial charge < -0.3 is 15.0 Å². The fourth-order valence-electron chi connectivity index (χ4n) is 2.88. The smallest absolute Gasteiger partial charge is 0.257 e. The van der Waals surface area contributed by atoms with Gasteiger partial charge in [0, 0.05) is 30.1 Å². The lowest BCUT2D eigenvalue weighted by atomic mass is 10.0. The Morgan fingerprint density at radius 1 is 1.12 bits per heavy atom. The number of fused-ring (bicyclic) bond motifs is 1. The number of H-pyrrole nitrogens is 1. The number of aromatic amines is 1. The van der Waals surface area contributed by atoms with E-state index in [9.17, 15) is 9.18 Å². The van der Waals surface area contributed by atoms with E-state index in [0.29, 0.717) is 12.2 Å². The molecule has 1 aliphatic heterocycles. The van der Waals surface area contributed by atoms with Crippen LogP contribution in [-0.4, -0.2) is 17.5 Å². The quantitative estimate of drug-likeness (QED) is 0.765. The molecule has 0 atom stereocenters. The van der Waals surface area contributed by atoms with Crippen LogP contribution in [0.5, 0.6) is 5.75 Å². The topological polar surface area (TPSA) is 54.1 Å². The molecule has 0 radical (unpaired) electrons. The van der Waals surface area contributed by atoms with Gasteiger partial charge in [-0.3, -0.25) is 4.79 Å². The fourth-order valence-corrected chi connectivity index (χ4v) is 2.88. The van der Waals surface area contributed by atoms with E-state index in [0.717, 1.165) is 34.5 Å². The molecule has 1 aromatic heterocycles. The van der Waals surface area contributed by atoms with E-state index in [1.165, 1.54) is 12.1 Å². The lowest BCUT2D eigenvalue weighted by Crippen LogP contribution is -2.12. The summed E-state index contributed by atoms with van der Waals surface area (Å²) in [5.41, 5.74) is 3.86. The van der Waals surface area contributed by atoms with Gasteiger partial charge in [-0.1, -0.05) is 12.1 Å². The standard InChI is InChI=1S/C19H15FN2O2/c20-14-3-1-12(2-4-14)16-10-21-11-17(16)19(23)22-15-5-6-18-13(9-15)7-8-24-18/h1-6,9-11,21H,7-8H2,(H,22,23). The van der Waals surface area contributed by atoms with E-state index in [1.807, 2.05) is 18.2 Å². The molecule has 2 N–H and O–H groups in total. The van der Waals surface area contributed by atoms with Gasteiger partial charge in [0.2, 0.25) is 0 Å². The number of hydrogen-bond acceptors (Lipinski definition) is 2. The first-order chi connectivity index (χ1) is 11.7. The van der Waals surface area contributed by atoms with Crippen LogP contribution in [0.2, 0.25) is 0 Å². The number of carbonyl (C=O) groups excluding carboxylic acids is 1. The molecule has 0 saturated carbocycles. The van der Waals surface area contributed by atoms with Crippen molar-refractivity contribution in [2.24, 2.45) is 0 Å². The Morgan fingerprint density at radius 3 is 2.79 bits per heavy atom. The predicted octanol–water partition coefficient (Wildman–Crippen LogP) is 4.01. The van der Waals surface area contributed by atoms with Gasteiger partial charge in [0.15, 0.2) is 0 Å². The van der Waals surface area contributed by atoms with Crippen molar-refractivity contribution in [2.75, 3.05) is 11.9 Å². The first-order valence-electron chi connectivity index (χ1n) is 7.70. The van der Waals surface area contributed by atoms with E-state index in [4.69, 9.17) is 4.74 Å². The molecule has 5 heteroatoms. The summed E-state index contributed by atoms with van der Waals surface area (Å²) in [6.07, 6.45) is 4.23. The Balaban J connectivity index is 1.59. The zero-order chi connectivity index (χ0) is 16.5. The van der Waals surface area contributed by atoms with Gasteiger partial charge in [-0.15, -0.1) is 0 Å². The Hall–Kier alpha value is -3.08. The highest BCUT2D eigenvalue weighted by Gasteiger charge is 2.16. The summed E-state index contributed by atoms with van der Waals surface area (Å²) < 4.78 is 18.6. The van der Waals surface area contributed by atoms with Crippen molar-refractivity contribution >= 4 is 11.6 Å². The number of anilines is 1. The first-order valence-corrected chi connectivity index (χ1v) is 7.70. The Morgan fingerprint density at radius 2 is 1.96 bits per heavy atom. The molecule has 0 bridgehead atoms. The van der Waals surface area contributed by atoms with Crippen LogP contribution in [0.15, 0.2) is 54.9 Å². The second kappa shape index (κ2) is 5.85. The molecular weight excluding hydrogens is 307 g/mol. The lowest BCUT2D eigenvalue weighted by Gasteiger charge is -2.08. The van der Waals surface area contributed by atoms with Crippen molar-refractivity contribution in [2.45, 2.75) is 6.42 Å². The minimum atomic E-state index is -0.305. The molecule has 0 fully saturated rings. The summed E-state index contributed by atoms with van der Waals surface area (Å²) in [6, 6.07) is 11.7. The van der Waals surface area contributed by atoms with Crippen LogP contribution in [0, 0.1) is 5.82 Å². The second-order valence-corrected chi connectivity index (χ2v) is 5.66. The summed E-state index contributed by atoms with van der Waals surface area (Å²) in [5.74, 6) is 0.358. The van der Waals surface area contributed by atoms with Crippen molar-refractivity contribution in [3.63, 3.8) is 0 Å².